The highest BCUT2D eigenvalue weighted by molar-refractivity contribution is 7.14. The van der Waals surface area contributed by atoms with Crippen LogP contribution >= 0.6 is 11.3 Å². The van der Waals surface area contributed by atoms with E-state index in [0.29, 0.717) is 24.3 Å². The van der Waals surface area contributed by atoms with E-state index < -0.39 is 0 Å². The van der Waals surface area contributed by atoms with E-state index in [1.807, 2.05) is 30.2 Å². The van der Waals surface area contributed by atoms with Crippen molar-refractivity contribution in [2.75, 3.05) is 31.1 Å². The molecule has 1 saturated heterocycles. The number of anilines is 1. The summed E-state index contributed by atoms with van der Waals surface area (Å²) in [7, 11) is 0. The normalized spacial score (nSPS) is 14.3. The first kappa shape index (κ1) is 17.4. The highest BCUT2D eigenvalue weighted by atomic mass is 32.1. The fraction of sp³-hybridized carbons (Fsp3) is 0.412. The van der Waals surface area contributed by atoms with E-state index in [9.17, 15) is 9.18 Å². The standard InChI is InChI=1S/C15H16FN3OS.C2H6/c1-11(20)18-6-8-19(9-7-18)15-17-14(10-21-15)12-4-2-3-5-13(12)16;1-2/h2-5,10H,6-9H2,1H3;1-2H3. The molecule has 6 heteroatoms. The molecule has 0 unspecified atom stereocenters. The largest absolute Gasteiger partial charge is 0.345 e. The van der Waals surface area contributed by atoms with Crippen LogP contribution in [0.15, 0.2) is 29.6 Å². The average Bonchev–Trinajstić information content (AvgIpc) is 3.07. The molecule has 0 bridgehead atoms. The van der Waals surface area contributed by atoms with Crippen molar-refractivity contribution in [2.24, 2.45) is 0 Å². The first-order valence-electron chi connectivity index (χ1n) is 7.86. The Morgan fingerprint density at radius 1 is 1.17 bits per heavy atom. The van der Waals surface area contributed by atoms with Crippen LogP contribution in [0.1, 0.15) is 20.8 Å². The van der Waals surface area contributed by atoms with E-state index in [1.54, 1.807) is 19.1 Å². The van der Waals surface area contributed by atoms with Gasteiger partial charge in [0.25, 0.3) is 0 Å². The van der Waals surface area contributed by atoms with Crippen molar-refractivity contribution in [3.8, 4) is 11.3 Å². The van der Waals surface area contributed by atoms with E-state index in [-0.39, 0.29) is 11.7 Å². The molecule has 2 heterocycles. The minimum Gasteiger partial charge on any atom is -0.345 e. The van der Waals surface area contributed by atoms with Crippen molar-refractivity contribution in [3.63, 3.8) is 0 Å². The maximum absolute atomic E-state index is 13.8. The topological polar surface area (TPSA) is 36.4 Å². The number of aromatic nitrogens is 1. The zero-order chi connectivity index (χ0) is 16.8. The second-order valence-electron chi connectivity index (χ2n) is 4.99. The summed E-state index contributed by atoms with van der Waals surface area (Å²) in [5, 5.41) is 2.77. The van der Waals surface area contributed by atoms with Crippen LogP contribution in [0, 0.1) is 5.82 Å². The third-order valence-corrected chi connectivity index (χ3v) is 4.54. The third-order valence-electron chi connectivity index (χ3n) is 3.64. The van der Waals surface area contributed by atoms with Crippen molar-refractivity contribution in [3.05, 3.63) is 35.5 Å². The molecule has 1 fully saturated rings. The van der Waals surface area contributed by atoms with E-state index in [1.165, 1.54) is 17.4 Å². The average molecular weight is 335 g/mol. The Bertz CT molecular complexity index is 651. The van der Waals surface area contributed by atoms with Crippen LogP contribution in [-0.2, 0) is 4.79 Å². The second kappa shape index (κ2) is 8.06. The van der Waals surface area contributed by atoms with Gasteiger partial charge in [-0.3, -0.25) is 4.79 Å². The van der Waals surface area contributed by atoms with Crippen LogP contribution in [0.25, 0.3) is 11.3 Å². The lowest BCUT2D eigenvalue weighted by Gasteiger charge is -2.33. The predicted octanol–water partition coefficient (Wildman–Crippen LogP) is 3.64. The van der Waals surface area contributed by atoms with Gasteiger partial charge in [0, 0.05) is 44.0 Å². The molecule has 2 aromatic rings. The molecule has 0 aliphatic carbocycles. The SMILES string of the molecule is CC.CC(=O)N1CCN(c2nc(-c3ccccc3F)cs2)CC1. The van der Waals surface area contributed by atoms with Gasteiger partial charge in [-0.1, -0.05) is 26.0 Å². The van der Waals surface area contributed by atoms with Crippen LogP contribution in [0.3, 0.4) is 0 Å². The summed E-state index contributed by atoms with van der Waals surface area (Å²) in [6.07, 6.45) is 0. The predicted molar refractivity (Wildman–Crippen MR) is 93.3 cm³/mol. The summed E-state index contributed by atoms with van der Waals surface area (Å²) in [4.78, 5) is 19.8. The van der Waals surface area contributed by atoms with Crippen molar-refractivity contribution in [2.45, 2.75) is 20.8 Å². The van der Waals surface area contributed by atoms with Gasteiger partial charge < -0.3 is 9.80 Å². The fourth-order valence-electron chi connectivity index (χ4n) is 2.41. The van der Waals surface area contributed by atoms with Crippen molar-refractivity contribution in [1.29, 1.82) is 0 Å². The molecule has 1 aliphatic heterocycles. The quantitative estimate of drug-likeness (QED) is 0.841. The van der Waals surface area contributed by atoms with E-state index in [0.717, 1.165) is 18.2 Å². The summed E-state index contributed by atoms with van der Waals surface area (Å²) in [6, 6.07) is 6.66. The van der Waals surface area contributed by atoms with Crippen LogP contribution in [0.2, 0.25) is 0 Å². The van der Waals surface area contributed by atoms with Crippen molar-refractivity contribution in [1.82, 2.24) is 9.88 Å². The zero-order valence-electron chi connectivity index (χ0n) is 13.8. The molecule has 0 atom stereocenters. The molecule has 4 nitrogen and oxygen atoms in total. The first-order valence-corrected chi connectivity index (χ1v) is 8.74. The molecular weight excluding hydrogens is 313 g/mol. The van der Waals surface area contributed by atoms with E-state index >= 15 is 0 Å². The van der Waals surface area contributed by atoms with Gasteiger partial charge in [-0.15, -0.1) is 11.3 Å². The Balaban J connectivity index is 0.000000924. The Labute approximate surface area is 140 Å². The maximum atomic E-state index is 13.8. The number of carbonyl (C=O) groups is 1. The van der Waals surface area contributed by atoms with Gasteiger partial charge in [0.05, 0.1) is 5.69 Å². The van der Waals surface area contributed by atoms with Crippen LogP contribution in [-0.4, -0.2) is 42.0 Å². The molecule has 0 N–H and O–H groups in total. The van der Waals surface area contributed by atoms with Gasteiger partial charge in [-0.25, -0.2) is 9.37 Å². The van der Waals surface area contributed by atoms with Crippen molar-refractivity contribution < 1.29 is 9.18 Å². The van der Waals surface area contributed by atoms with Crippen LogP contribution in [0.4, 0.5) is 9.52 Å². The minimum absolute atomic E-state index is 0.112. The van der Waals surface area contributed by atoms with Gasteiger partial charge in [0.2, 0.25) is 5.91 Å². The van der Waals surface area contributed by atoms with Crippen LogP contribution in [0.5, 0.6) is 0 Å². The Kier molecular flexibility index (Phi) is 6.10. The zero-order valence-corrected chi connectivity index (χ0v) is 14.6. The lowest BCUT2D eigenvalue weighted by Crippen LogP contribution is -2.48. The molecule has 0 radical (unpaired) electrons. The highest BCUT2D eigenvalue weighted by Gasteiger charge is 2.21. The summed E-state index contributed by atoms with van der Waals surface area (Å²) >= 11 is 1.51. The van der Waals surface area contributed by atoms with Gasteiger partial charge in [0.1, 0.15) is 5.82 Å². The minimum atomic E-state index is -0.254. The Morgan fingerprint density at radius 3 is 2.43 bits per heavy atom. The number of thiazole rings is 1. The number of rotatable bonds is 2. The summed E-state index contributed by atoms with van der Waals surface area (Å²) < 4.78 is 13.8. The second-order valence-corrected chi connectivity index (χ2v) is 5.82. The van der Waals surface area contributed by atoms with Gasteiger partial charge in [-0.05, 0) is 12.1 Å². The summed E-state index contributed by atoms with van der Waals surface area (Å²) in [5.41, 5.74) is 1.20. The molecule has 1 aliphatic rings. The number of nitrogens with zero attached hydrogens (tertiary/aromatic N) is 3. The molecular formula is C17H22FN3OS. The molecule has 124 valence electrons. The number of hydrogen-bond donors (Lipinski definition) is 0. The van der Waals surface area contributed by atoms with E-state index in [4.69, 9.17) is 0 Å². The van der Waals surface area contributed by atoms with Crippen LogP contribution < -0.4 is 4.90 Å². The smallest absolute Gasteiger partial charge is 0.219 e. The summed E-state index contributed by atoms with van der Waals surface area (Å²) in [6.45, 7) is 8.55. The number of carbonyl (C=O) groups excluding carboxylic acids is 1. The molecule has 23 heavy (non-hydrogen) atoms. The van der Waals surface area contributed by atoms with E-state index in [2.05, 4.69) is 9.88 Å². The van der Waals surface area contributed by atoms with Gasteiger partial charge in [-0.2, -0.15) is 0 Å². The van der Waals surface area contributed by atoms with Gasteiger partial charge in [0.15, 0.2) is 5.13 Å². The summed E-state index contributed by atoms with van der Waals surface area (Å²) in [5.74, 6) is -0.142. The Hall–Kier alpha value is -1.95. The number of halogens is 1. The number of amides is 1. The fourth-order valence-corrected chi connectivity index (χ4v) is 3.29. The molecule has 0 saturated carbocycles. The molecule has 1 amide bonds. The van der Waals surface area contributed by atoms with Gasteiger partial charge >= 0.3 is 0 Å². The monoisotopic (exact) mass is 335 g/mol. The first-order chi connectivity index (χ1) is 11.1. The lowest BCUT2D eigenvalue weighted by molar-refractivity contribution is -0.129. The molecule has 1 aromatic heterocycles. The lowest BCUT2D eigenvalue weighted by atomic mass is 10.2. The number of benzene rings is 1. The van der Waals surface area contributed by atoms with Crippen molar-refractivity contribution >= 4 is 22.4 Å². The molecule has 1 aromatic carbocycles. The number of hydrogen-bond acceptors (Lipinski definition) is 4. The maximum Gasteiger partial charge on any atom is 0.219 e. The Morgan fingerprint density at radius 2 is 1.83 bits per heavy atom. The number of piperazine rings is 1. The molecule has 0 spiro atoms. The molecule has 3 rings (SSSR count). The highest BCUT2D eigenvalue weighted by Crippen LogP contribution is 2.29. The third kappa shape index (κ3) is 4.07.